The van der Waals surface area contributed by atoms with Crippen molar-refractivity contribution in [1.29, 1.82) is 0 Å². The quantitative estimate of drug-likeness (QED) is 0.578. The minimum atomic E-state index is 0.306. The molecule has 5 nitrogen and oxygen atoms in total. The summed E-state index contributed by atoms with van der Waals surface area (Å²) in [6.07, 6.45) is 3.69. The minimum absolute atomic E-state index is 0.306. The zero-order valence-electron chi connectivity index (χ0n) is 13.0. The van der Waals surface area contributed by atoms with E-state index in [2.05, 4.69) is 9.88 Å². The third-order valence-electron chi connectivity index (χ3n) is 3.53. The molecule has 2 rings (SSSR count). The number of rotatable bonds is 8. The van der Waals surface area contributed by atoms with Gasteiger partial charge in [-0.05, 0) is 44.1 Å². The van der Waals surface area contributed by atoms with E-state index in [1.807, 2.05) is 26.4 Å². The molecule has 0 spiro atoms. The molecule has 116 valence electrons. The molecule has 0 aliphatic heterocycles. The second-order valence-corrected chi connectivity index (χ2v) is 5.43. The van der Waals surface area contributed by atoms with E-state index in [1.54, 1.807) is 13.2 Å². The lowest BCUT2D eigenvalue weighted by molar-refractivity contribution is -0.0290. The largest absolute Gasteiger partial charge is 0.507 e. The van der Waals surface area contributed by atoms with Gasteiger partial charge in [-0.1, -0.05) is 6.07 Å². The Morgan fingerprint density at radius 3 is 2.71 bits per heavy atom. The van der Waals surface area contributed by atoms with E-state index in [0.29, 0.717) is 19.1 Å². The highest BCUT2D eigenvalue weighted by molar-refractivity contribution is 5.91. The number of nitrogens with one attached hydrogen (secondary N) is 1. The number of phenols is 1. The van der Waals surface area contributed by atoms with Crippen molar-refractivity contribution < 1.29 is 14.6 Å². The van der Waals surface area contributed by atoms with Crippen LogP contribution in [0.2, 0.25) is 0 Å². The number of benzene rings is 1. The van der Waals surface area contributed by atoms with Gasteiger partial charge in [0.05, 0.1) is 12.1 Å². The van der Waals surface area contributed by atoms with Crippen LogP contribution in [-0.4, -0.2) is 56.1 Å². The van der Waals surface area contributed by atoms with Crippen LogP contribution in [0, 0.1) is 0 Å². The van der Waals surface area contributed by atoms with Crippen molar-refractivity contribution in [1.82, 2.24) is 9.88 Å². The Morgan fingerprint density at radius 2 is 2.00 bits per heavy atom. The molecule has 0 bridgehead atoms. The van der Waals surface area contributed by atoms with Gasteiger partial charge in [0.15, 0.2) is 0 Å². The molecule has 0 radical (unpaired) electrons. The summed E-state index contributed by atoms with van der Waals surface area (Å²) in [6, 6.07) is 3.71. The van der Waals surface area contributed by atoms with Crippen molar-refractivity contribution in [2.24, 2.45) is 0 Å². The van der Waals surface area contributed by atoms with E-state index < -0.39 is 0 Å². The second kappa shape index (κ2) is 7.45. The summed E-state index contributed by atoms with van der Waals surface area (Å²) in [6.45, 7) is 1.85. The van der Waals surface area contributed by atoms with Crippen molar-refractivity contribution in [3.63, 3.8) is 0 Å². The Morgan fingerprint density at radius 1 is 1.19 bits per heavy atom. The third kappa shape index (κ3) is 3.97. The summed E-state index contributed by atoms with van der Waals surface area (Å²) in [5.74, 6) is 0.335. The molecule has 0 amide bonds. The first-order chi connectivity index (χ1) is 10.1. The highest BCUT2D eigenvalue weighted by Crippen LogP contribution is 2.31. The minimum Gasteiger partial charge on any atom is -0.507 e. The first-order valence-electron chi connectivity index (χ1n) is 7.15. The number of ether oxygens (including phenoxy) is 2. The predicted octanol–water partition coefficient (Wildman–Crippen LogP) is 2.14. The van der Waals surface area contributed by atoms with Gasteiger partial charge in [0.1, 0.15) is 12.5 Å². The molecular weight excluding hydrogens is 268 g/mol. The fraction of sp³-hybridized carbons (Fsp3) is 0.500. The molecule has 0 atom stereocenters. The van der Waals surface area contributed by atoms with Crippen LogP contribution in [0.5, 0.6) is 5.75 Å². The number of methoxy groups -OCH3 is 1. The van der Waals surface area contributed by atoms with Crippen molar-refractivity contribution in [2.45, 2.75) is 12.8 Å². The Hall–Kier alpha value is -1.56. The summed E-state index contributed by atoms with van der Waals surface area (Å²) >= 11 is 0. The molecule has 1 aromatic carbocycles. The van der Waals surface area contributed by atoms with Gasteiger partial charge in [-0.25, -0.2) is 0 Å². The predicted molar refractivity (Wildman–Crippen MR) is 83.8 cm³/mol. The van der Waals surface area contributed by atoms with Crippen LogP contribution in [-0.2, 0) is 22.3 Å². The average Bonchev–Trinajstić information content (AvgIpc) is 2.88. The second-order valence-electron chi connectivity index (χ2n) is 5.43. The Balaban J connectivity index is 2.18. The Bertz CT molecular complexity index is 578. The Kier molecular flexibility index (Phi) is 5.61. The number of aromatic hydroxyl groups is 1. The molecule has 21 heavy (non-hydrogen) atoms. The number of aromatic nitrogens is 1. The number of nitrogens with zero attached hydrogens (tertiary/aromatic N) is 1. The van der Waals surface area contributed by atoms with Gasteiger partial charge in [-0.3, -0.25) is 0 Å². The molecule has 0 saturated carbocycles. The lowest BCUT2D eigenvalue weighted by Gasteiger charge is -2.09. The maximum Gasteiger partial charge on any atom is 0.146 e. The molecule has 2 aromatic rings. The molecule has 0 fully saturated rings. The number of hydrogen-bond donors (Lipinski definition) is 2. The fourth-order valence-corrected chi connectivity index (χ4v) is 2.43. The highest BCUT2D eigenvalue weighted by Gasteiger charge is 2.12. The van der Waals surface area contributed by atoms with E-state index in [1.165, 1.54) is 0 Å². The van der Waals surface area contributed by atoms with Crippen LogP contribution >= 0.6 is 0 Å². The Labute approximate surface area is 125 Å². The molecule has 1 aromatic heterocycles. The summed E-state index contributed by atoms with van der Waals surface area (Å²) in [7, 11) is 5.71. The number of aromatic amines is 1. The van der Waals surface area contributed by atoms with Gasteiger partial charge in [0, 0.05) is 25.2 Å². The molecule has 0 aliphatic rings. The van der Waals surface area contributed by atoms with Gasteiger partial charge in [-0.15, -0.1) is 0 Å². The first-order valence-corrected chi connectivity index (χ1v) is 7.15. The zero-order valence-corrected chi connectivity index (χ0v) is 13.0. The third-order valence-corrected chi connectivity index (χ3v) is 3.53. The number of fused-ring (bicyclic) bond motifs is 1. The molecule has 2 N–H and O–H groups in total. The molecule has 5 heteroatoms. The van der Waals surface area contributed by atoms with Crippen LogP contribution in [0.1, 0.15) is 11.1 Å². The zero-order chi connectivity index (χ0) is 15.2. The van der Waals surface area contributed by atoms with Crippen LogP contribution in [0.15, 0.2) is 18.3 Å². The lowest BCUT2D eigenvalue weighted by atomic mass is 10.0. The van der Waals surface area contributed by atoms with E-state index in [0.717, 1.165) is 41.4 Å². The standard InChI is InChI=1S/C16H24N2O3/c1-18(2)8-6-13-10-17-16-12(7-9-21-11-20-3)4-5-14(19)15(13)16/h4-5,10,17,19H,6-9,11H2,1-3H3. The van der Waals surface area contributed by atoms with Gasteiger partial charge in [0.2, 0.25) is 0 Å². The smallest absolute Gasteiger partial charge is 0.146 e. The summed E-state index contributed by atoms with van der Waals surface area (Å²) < 4.78 is 10.2. The van der Waals surface area contributed by atoms with Crippen LogP contribution < -0.4 is 0 Å². The van der Waals surface area contributed by atoms with Crippen molar-refractivity contribution in [3.8, 4) is 5.75 Å². The molecule has 0 saturated heterocycles. The number of H-pyrrole nitrogens is 1. The topological polar surface area (TPSA) is 57.7 Å². The number of hydrogen-bond acceptors (Lipinski definition) is 4. The van der Waals surface area contributed by atoms with Crippen molar-refractivity contribution in [2.75, 3.05) is 41.1 Å². The van der Waals surface area contributed by atoms with E-state index in [-0.39, 0.29) is 0 Å². The van der Waals surface area contributed by atoms with Gasteiger partial charge in [-0.2, -0.15) is 0 Å². The SMILES string of the molecule is COCOCCc1ccc(O)c2c(CCN(C)C)c[nH]c12. The molecule has 0 unspecified atom stereocenters. The van der Waals surface area contributed by atoms with E-state index >= 15 is 0 Å². The normalized spacial score (nSPS) is 11.6. The van der Waals surface area contributed by atoms with Crippen LogP contribution in [0.25, 0.3) is 10.9 Å². The van der Waals surface area contributed by atoms with E-state index in [4.69, 9.17) is 9.47 Å². The average molecular weight is 292 g/mol. The van der Waals surface area contributed by atoms with Gasteiger partial charge < -0.3 is 24.5 Å². The number of phenolic OH excluding ortho intramolecular Hbond substituents is 1. The van der Waals surface area contributed by atoms with Crippen molar-refractivity contribution >= 4 is 10.9 Å². The van der Waals surface area contributed by atoms with Gasteiger partial charge in [0.25, 0.3) is 0 Å². The molecular formula is C16H24N2O3. The highest BCUT2D eigenvalue weighted by atomic mass is 16.7. The summed E-state index contributed by atoms with van der Waals surface area (Å²) in [5, 5.41) is 11.1. The maximum atomic E-state index is 10.2. The van der Waals surface area contributed by atoms with Crippen LogP contribution in [0.3, 0.4) is 0 Å². The molecule has 1 heterocycles. The monoisotopic (exact) mass is 292 g/mol. The van der Waals surface area contributed by atoms with Crippen molar-refractivity contribution in [3.05, 3.63) is 29.5 Å². The van der Waals surface area contributed by atoms with Gasteiger partial charge >= 0.3 is 0 Å². The number of likely N-dealkylation sites (N-methyl/N-ethyl adjacent to an activating group) is 1. The first kappa shape index (κ1) is 15.8. The van der Waals surface area contributed by atoms with E-state index in [9.17, 15) is 5.11 Å². The fourth-order valence-electron chi connectivity index (χ4n) is 2.43. The lowest BCUT2D eigenvalue weighted by Crippen LogP contribution is -2.14. The maximum absolute atomic E-state index is 10.2. The molecule has 0 aliphatic carbocycles. The summed E-state index contributed by atoms with van der Waals surface area (Å²) in [5.41, 5.74) is 3.30. The summed E-state index contributed by atoms with van der Waals surface area (Å²) in [4.78, 5) is 5.43. The van der Waals surface area contributed by atoms with Crippen LogP contribution in [0.4, 0.5) is 0 Å².